The zero-order chi connectivity index (χ0) is 11.8. The molecule has 16 heavy (non-hydrogen) atoms. The van der Waals surface area contributed by atoms with Gasteiger partial charge in [-0.05, 0) is 56.0 Å². The van der Waals surface area contributed by atoms with Gasteiger partial charge in [-0.2, -0.15) is 0 Å². The van der Waals surface area contributed by atoms with Gasteiger partial charge in [0.2, 0.25) is 0 Å². The summed E-state index contributed by atoms with van der Waals surface area (Å²) < 4.78 is 1.16. The van der Waals surface area contributed by atoms with E-state index in [2.05, 4.69) is 59.4 Å². The van der Waals surface area contributed by atoms with Gasteiger partial charge in [-0.25, -0.2) is 0 Å². The predicted molar refractivity (Wildman–Crippen MR) is 74.8 cm³/mol. The largest absolute Gasteiger partial charge is 0.317 e. The highest BCUT2D eigenvalue weighted by Crippen LogP contribution is 2.15. The minimum Gasteiger partial charge on any atom is -0.317 e. The van der Waals surface area contributed by atoms with Crippen LogP contribution in [0.25, 0.3) is 0 Å². The average Bonchev–Trinajstić information content (AvgIpc) is 2.28. The maximum absolute atomic E-state index is 3.46. The Bertz CT molecular complexity index is 281. The minimum atomic E-state index is 0.755. The first-order chi connectivity index (χ1) is 7.72. The Morgan fingerprint density at radius 3 is 2.50 bits per heavy atom. The number of hydrogen-bond acceptors (Lipinski definition) is 1. The molecule has 1 aromatic rings. The molecule has 1 aromatic carbocycles. The maximum atomic E-state index is 3.46. The van der Waals surface area contributed by atoms with Crippen molar-refractivity contribution < 1.29 is 0 Å². The summed E-state index contributed by atoms with van der Waals surface area (Å²) in [5, 5.41) is 3.45. The van der Waals surface area contributed by atoms with Crippen LogP contribution in [-0.4, -0.2) is 13.1 Å². The maximum Gasteiger partial charge on any atom is 0.0175 e. The average molecular weight is 284 g/mol. The SMILES string of the molecule is CCCNCCC(C)Cc1ccc(Br)cc1. The summed E-state index contributed by atoms with van der Waals surface area (Å²) in [5.74, 6) is 0.755. The molecule has 0 amide bonds. The van der Waals surface area contributed by atoms with Crippen LogP contribution in [0, 0.1) is 5.92 Å². The van der Waals surface area contributed by atoms with Gasteiger partial charge in [0.05, 0.1) is 0 Å². The van der Waals surface area contributed by atoms with Crippen LogP contribution in [0.5, 0.6) is 0 Å². The molecular weight excluding hydrogens is 262 g/mol. The molecule has 1 atom stereocenters. The highest BCUT2D eigenvalue weighted by atomic mass is 79.9. The second kappa shape index (κ2) is 7.86. The van der Waals surface area contributed by atoms with Crippen LogP contribution in [0.3, 0.4) is 0 Å². The number of nitrogens with one attached hydrogen (secondary N) is 1. The highest BCUT2D eigenvalue weighted by Gasteiger charge is 2.03. The molecule has 0 saturated heterocycles. The Balaban J connectivity index is 2.23. The van der Waals surface area contributed by atoms with Gasteiger partial charge >= 0.3 is 0 Å². The monoisotopic (exact) mass is 283 g/mol. The van der Waals surface area contributed by atoms with Crippen molar-refractivity contribution >= 4 is 15.9 Å². The Morgan fingerprint density at radius 2 is 1.88 bits per heavy atom. The highest BCUT2D eigenvalue weighted by molar-refractivity contribution is 9.10. The van der Waals surface area contributed by atoms with Gasteiger partial charge in [-0.15, -0.1) is 0 Å². The first-order valence-electron chi connectivity index (χ1n) is 6.17. The van der Waals surface area contributed by atoms with E-state index < -0.39 is 0 Å². The van der Waals surface area contributed by atoms with Crippen molar-refractivity contribution in [1.82, 2.24) is 5.32 Å². The van der Waals surface area contributed by atoms with Crippen LogP contribution >= 0.6 is 15.9 Å². The summed E-state index contributed by atoms with van der Waals surface area (Å²) in [5.41, 5.74) is 1.44. The lowest BCUT2D eigenvalue weighted by Gasteiger charge is -2.12. The number of hydrogen-bond donors (Lipinski definition) is 1. The van der Waals surface area contributed by atoms with E-state index in [9.17, 15) is 0 Å². The van der Waals surface area contributed by atoms with Crippen LogP contribution in [0.2, 0.25) is 0 Å². The van der Waals surface area contributed by atoms with E-state index in [1.165, 1.54) is 24.8 Å². The third-order valence-corrected chi connectivity index (χ3v) is 3.27. The number of benzene rings is 1. The summed E-state index contributed by atoms with van der Waals surface area (Å²) in [6.45, 7) is 6.82. The summed E-state index contributed by atoms with van der Waals surface area (Å²) in [7, 11) is 0. The van der Waals surface area contributed by atoms with Crippen molar-refractivity contribution in [2.45, 2.75) is 33.1 Å². The van der Waals surface area contributed by atoms with Gasteiger partial charge in [0.15, 0.2) is 0 Å². The van der Waals surface area contributed by atoms with Crippen molar-refractivity contribution in [2.24, 2.45) is 5.92 Å². The zero-order valence-corrected chi connectivity index (χ0v) is 11.9. The second-order valence-corrected chi connectivity index (χ2v) is 5.39. The molecule has 0 spiro atoms. The van der Waals surface area contributed by atoms with Gasteiger partial charge < -0.3 is 5.32 Å². The minimum absolute atomic E-state index is 0.755. The second-order valence-electron chi connectivity index (χ2n) is 4.47. The molecule has 2 heteroatoms. The van der Waals surface area contributed by atoms with E-state index in [0.717, 1.165) is 23.5 Å². The Hall–Kier alpha value is -0.340. The van der Waals surface area contributed by atoms with Crippen LogP contribution in [-0.2, 0) is 6.42 Å². The molecule has 0 heterocycles. The normalized spacial score (nSPS) is 12.7. The molecule has 0 aliphatic carbocycles. The summed E-state index contributed by atoms with van der Waals surface area (Å²) >= 11 is 3.46. The molecule has 1 rings (SSSR count). The van der Waals surface area contributed by atoms with E-state index in [4.69, 9.17) is 0 Å². The standard InChI is InChI=1S/C14H22BrN/c1-3-9-16-10-8-12(2)11-13-4-6-14(15)7-5-13/h4-7,12,16H,3,8-11H2,1-2H3. The van der Waals surface area contributed by atoms with E-state index in [1.54, 1.807) is 0 Å². The van der Waals surface area contributed by atoms with Crippen LogP contribution < -0.4 is 5.32 Å². The van der Waals surface area contributed by atoms with E-state index >= 15 is 0 Å². The van der Waals surface area contributed by atoms with Gasteiger partial charge in [0, 0.05) is 4.47 Å². The molecule has 0 radical (unpaired) electrons. The third-order valence-electron chi connectivity index (χ3n) is 2.74. The smallest absolute Gasteiger partial charge is 0.0175 e. The topological polar surface area (TPSA) is 12.0 Å². The molecule has 1 N–H and O–H groups in total. The lowest BCUT2D eigenvalue weighted by molar-refractivity contribution is 0.498. The molecule has 0 bridgehead atoms. The van der Waals surface area contributed by atoms with E-state index in [-0.39, 0.29) is 0 Å². The molecule has 90 valence electrons. The van der Waals surface area contributed by atoms with Crippen LogP contribution in [0.1, 0.15) is 32.3 Å². The van der Waals surface area contributed by atoms with Crippen LogP contribution in [0.4, 0.5) is 0 Å². The summed E-state index contributed by atoms with van der Waals surface area (Å²) in [6, 6.07) is 8.66. The molecule has 0 aromatic heterocycles. The third kappa shape index (κ3) is 5.66. The molecule has 0 fully saturated rings. The fourth-order valence-corrected chi connectivity index (χ4v) is 2.04. The first kappa shape index (κ1) is 13.7. The molecule has 0 aliphatic heterocycles. The van der Waals surface area contributed by atoms with Gasteiger partial charge in [-0.1, -0.05) is 41.9 Å². The molecule has 0 aliphatic rings. The van der Waals surface area contributed by atoms with Gasteiger partial charge in [-0.3, -0.25) is 0 Å². The van der Waals surface area contributed by atoms with Crippen molar-refractivity contribution in [1.29, 1.82) is 0 Å². The first-order valence-corrected chi connectivity index (χ1v) is 6.96. The molecule has 0 saturated carbocycles. The van der Waals surface area contributed by atoms with Crippen molar-refractivity contribution in [3.8, 4) is 0 Å². The Kier molecular flexibility index (Phi) is 6.74. The molecular formula is C14H22BrN. The van der Waals surface area contributed by atoms with Gasteiger partial charge in [0.25, 0.3) is 0 Å². The van der Waals surface area contributed by atoms with E-state index in [1.807, 2.05) is 0 Å². The van der Waals surface area contributed by atoms with Gasteiger partial charge in [0.1, 0.15) is 0 Å². The zero-order valence-electron chi connectivity index (χ0n) is 10.3. The van der Waals surface area contributed by atoms with Crippen LogP contribution in [0.15, 0.2) is 28.7 Å². The fraction of sp³-hybridized carbons (Fsp3) is 0.571. The molecule has 1 nitrogen and oxygen atoms in total. The summed E-state index contributed by atoms with van der Waals surface area (Å²) in [4.78, 5) is 0. The van der Waals surface area contributed by atoms with Crippen molar-refractivity contribution in [3.05, 3.63) is 34.3 Å². The van der Waals surface area contributed by atoms with Crippen molar-refractivity contribution in [2.75, 3.05) is 13.1 Å². The number of halogens is 1. The van der Waals surface area contributed by atoms with Crippen molar-refractivity contribution in [3.63, 3.8) is 0 Å². The lowest BCUT2D eigenvalue weighted by atomic mass is 9.98. The Morgan fingerprint density at radius 1 is 1.19 bits per heavy atom. The summed E-state index contributed by atoms with van der Waals surface area (Å²) in [6.07, 6.45) is 3.66. The fourth-order valence-electron chi connectivity index (χ4n) is 1.78. The number of rotatable bonds is 7. The Labute approximate surface area is 108 Å². The quantitative estimate of drug-likeness (QED) is 0.746. The predicted octanol–water partition coefficient (Wildman–Crippen LogP) is 4.02. The lowest BCUT2D eigenvalue weighted by Crippen LogP contribution is -2.18. The molecule has 1 unspecified atom stereocenters. The van der Waals surface area contributed by atoms with E-state index in [0.29, 0.717) is 0 Å².